The number of carbonyl (C=O) groups is 2. The molecule has 0 heterocycles. The predicted octanol–water partition coefficient (Wildman–Crippen LogP) is 1.33. The van der Waals surface area contributed by atoms with Gasteiger partial charge in [-0.1, -0.05) is 6.07 Å². The maximum absolute atomic E-state index is 11.3. The second-order valence-corrected chi connectivity index (χ2v) is 3.61. The zero-order valence-corrected chi connectivity index (χ0v) is 9.68. The second kappa shape index (κ2) is 5.69. The molecule has 0 saturated carbocycles. The van der Waals surface area contributed by atoms with Crippen LogP contribution >= 0.6 is 0 Å². The van der Waals surface area contributed by atoms with Gasteiger partial charge in [-0.25, -0.2) is 4.79 Å². The maximum atomic E-state index is 11.3. The molecule has 0 aliphatic rings. The van der Waals surface area contributed by atoms with Crippen LogP contribution in [0.15, 0.2) is 36.4 Å². The third kappa shape index (κ3) is 4.38. The number of nitrogens with zero attached hydrogens (tertiary/aromatic N) is 1. The van der Waals surface area contributed by atoms with Crippen molar-refractivity contribution in [3.8, 4) is 0 Å². The number of rotatable bonds is 4. The quantitative estimate of drug-likeness (QED) is 0.771. The number of aliphatic carboxylic acids is 1. The smallest absolute Gasteiger partial charge is 0.328 e. The minimum absolute atomic E-state index is 0.469. The Hall–Kier alpha value is -2.30. The summed E-state index contributed by atoms with van der Waals surface area (Å²) >= 11 is 0. The number of carboxylic acid groups (broad SMARTS) is 1. The Labute approximate surface area is 99.4 Å². The van der Waals surface area contributed by atoms with Crippen LogP contribution in [0.1, 0.15) is 0 Å². The fourth-order valence-electron chi connectivity index (χ4n) is 1.19. The minimum atomic E-state index is -1.15. The van der Waals surface area contributed by atoms with Crippen LogP contribution in [-0.2, 0) is 9.59 Å². The molecular weight excluding hydrogens is 220 g/mol. The first-order valence-electron chi connectivity index (χ1n) is 4.98. The summed E-state index contributed by atoms with van der Waals surface area (Å²) in [6, 6.07) is 7.25. The number of nitrogens with one attached hydrogen (secondary N) is 1. The summed E-state index contributed by atoms with van der Waals surface area (Å²) in [5.41, 5.74) is 1.57. The number of carbonyl (C=O) groups excluding carboxylic acids is 1. The first-order chi connectivity index (χ1) is 7.99. The van der Waals surface area contributed by atoms with Gasteiger partial charge in [-0.05, 0) is 18.2 Å². The highest BCUT2D eigenvalue weighted by atomic mass is 16.4. The molecule has 1 aromatic carbocycles. The van der Waals surface area contributed by atoms with E-state index in [1.165, 1.54) is 0 Å². The highest BCUT2D eigenvalue weighted by molar-refractivity contribution is 6.02. The van der Waals surface area contributed by atoms with Gasteiger partial charge in [0.25, 0.3) is 0 Å². The first-order valence-corrected chi connectivity index (χ1v) is 4.98. The SMILES string of the molecule is CN(C)c1cccc(NC(=O)C=CC(=O)O)c1. The molecular formula is C12H14N2O3. The Bertz CT molecular complexity index is 453. The van der Waals surface area contributed by atoms with Crippen LogP contribution in [0.3, 0.4) is 0 Å². The van der Waals surface area contributed by atoms with E-state index in [9.17, 15) is 9.59 Å². The molecule has 1 amide bonds. The summed E-state index contributed by atoms with van der Waals surface area (Å²) in [6.07, 6.45) is 1.77. The highest BCUT2D eigenvalue weighted by Gasteiger charge is 2.01. The van der Waals surface area contributed by atoms with Crippen molar-refractivity contribution in [3.05, 3.63) is 36.4 Å². The molecule has 0 unspecified atom stereocenters. The van der Waals surface area contributed by atoms with Gasteiger partial charge in [0.2, 0.25) is 5.91 Å². The summed E-state index contributed by atoms with van der Waals surface area (Å²) in [6.45, 7) is 0. The van der Waals surface area contributed by atoms with Gasteiger partial charge >= 0.3 is 5.97 Å². The molecule has 1 aromatic rings. The average Bonchev–Trinajstić information content (AvgIpc) is 2.26. The van der Waals surface area contributed by atoms with Crippen LogP contribution in [0.4, 0.5) is 11.4 Å². The van der Waals surface area contributed by atoms with Crippen LogP contribution in [0.25, 0.3) is 0 Å². The number of amides is 1. The molecule has 0 aromatic heterocycles. The number of anilines is 2. The zero-order valence-electron chi connectivity index (χ0n) is 9.68. The van der Waals surface area contributed by atoms with E-state index in [1.54, 1.807) is 12.1 Å². The molecule has 0 aliphatic heterocycles. The lowest BCUT2D eigenvalue weighted by atomic mass is 10.2. The van der Waals surface area contributed by atoms with Crippen molar-refractivity contribution < 1.29 is 14.7 Å². The van der Waals surface area contributed by atoms with E-state index in [4.69, 9.17) is 5.11 Å². The largest absolute Gasteiger partial charge is 0.478 e. The molecule has 5 heteroatoms. The van der Waals surface area contributed by atoms with Crippen molar-refractivity contribution in [2.24, 2.45) is 0 Å². The van der Waals surface area contributed by atoms with Gasteiger partial charge in [0.1, 0.15) is 0 Å². The molecule has 5 nitrogen and oxygen atoms in total. The minimum Gasteiger partial charge on any atom is -0.478 e. The third-order valence-electron chi connectivity index (χ3n) is 2.01. The lowest BCUT2D eigenvalue weighted by Gasteiger charge is -2.13. The number of benzene rings is 1. The molecule has 0 atom stereocenters. The molecule has 0 spiro atoms. The maximum Gasteiger partial charge on any atom is 0.328 e. The first kappa shape index (κ1) is 12.8. The Balaban J connectivity index is 2.72. The molecule has 0 radical (unpaired) electrons. The van der Waals surface area contributed by atoms with Crippen molar-refractivity contribution in [2.45, 2.75) is 0 Å². The van der Waals surface area contributed by atoms with E-state index in [0.29, 0.717) is 5.69 Å². The number of carboxylic acids is 1. The van der Waals surface area contributed by atoms with E-state index >= 15 is 0 Å². The Kier molecular flexibility index (Phi) is 4.28. The van der Waals surface area contributed by atoms with E-state index < -0.39 is 11.9 Å². The molecule has 17 heavy (non-hydrogen) atoms. The Morgan fingerprint density at radius 1 is 1.29 bits per heavy atom. The summed E-state index contributed by atoms with van der Waals surface area (Å²) in [5, 5.41) is 10.9. The van der Waals surface area contributed by atoms with Crippen LogP contribution in [0.5, 0.6) is 0 Å². The fourth-order valence-corrected chi connectivity index (χ4v) is 1.19. The highest BCUT2D eigenvalue weighted by Crippen LogP contribution is 2.17. The van der Waals surface area contributed by atoms with Gasteiger partial charge in [0, 0.05) is 37.6 Å². The number of hydrogen-bond donors (Lipinski definition) is 2. The molecule has 0 aliphatic carbocycles. The van der Waals surface area contributed by atoms with Gasteiger partial charge < -0.3 is 15.3 Å². The van der Waals surface area contributed by atoms with Crippen LogP contribution in [-0.4, -0.2) is 31.1 Å². The lowest BCUT2D eigenvalue weighted by molar-refractivity contribution is -0.131. The van der Waals surface area contributed by atoms with Gasteiger partial charge in [-0.2, -0.15) is 0 Å². The molecule has 90 valence electrons. The van der Waals surface area contributed by atoms with Gasteiger partial charge in [0.15, 0.2) is 0 Å². The summed E-state index contributed by atoms with van der Waals surface area (Å²) < 4.78 is 0. The Morgan fingerprint density at radius 3 is 2.59 bits per heavy atom. The van der Waals surface area contributed by atoms with Crippen molar-refractivity contribution in [1.82, 2.24) is 0 Å². The molecule has 1 rings (SSSR count). The van der Waals surface area contributed by atoms with E-state index in [1.807, 2.05) is 31.1 Å². The molecule has 0 saturated heterocycles. The zero-order chi connectivity index (χ0) is 12.8. The van der Waals surface area contributed by atoms with Crippen molar-refractivity contribution >= 4 is 23.3 Å². The topological polar surface area (TPSA) is 69.6 Å². The van der Waals surface area contributed by atoms with Crippen molar-refractivity contribution in [3.63, 3.8) is 0 Å². The van der Waals surface area contributed by atoms with Gasteiger partial charge in [0.05, 0.1) is 0 Å². The lowest BCUT2D eigenvalue weighted by Crippen LogP contribution is -2.11. The second-order valence-electron chi connectivity index (χ2n) is 3.61. The predicted molar refractivity (Wildman–Crippen MR) is 66.2 cm³/mol. The molecule has 0 fully saturated rings. The average molecular weight is 234 g/mol. The van der Waals surface area contributed by atoms with Gasteiger partial charge in [-0.3, -0.25) is 4.79 Å². The fraction of sp³-hybridized carbons (Fsp3) is 0.167. The normalized spacial score (nSPS) is 10.2. The van der Waals surface area contributed by atoms with E-state index in [2.05, 4.69) is 5.32 Å². The monoisotopic (exact) mass is 234 g/mol. The summed E-state index contributed by atoms with van der Waals surface area (Å²) in [5.74, 6) is -1.62. The molecule has 2 N–H and O–H groups in total. The number of hydrogen-bond acceptors (Lipinski definition) is 3. The van der Waals surface area contributed by atoms with Crippen LogP contribution in [0.2, 0.25) is 0 Å². The summed E-state index contributed by atoms with van der Waals surface area (Å²) in [7, 11) is 3.79. The summed E-state index contributed by atoms with van der Waals surface area (Å²) in [4.78, 5) is 23.5. The van der Waals surface area contributed by atoms with E-state index in [-0.39, 0.29) is 0 Å². The van der Waals surface area contributed by atoms with Crippen molar-refractivity contribution in [1.29, 1.82) is 0 Å². The Morgan fingerprint density at radius 2 is 2.00 bits per heavy atom. The van der Waals surface area contributed by atoms with Gasteiger partial charge in [-0.15, -0.1) is 0 Å². The van der Waals surface area contributed by atoms with Crippen LogP contribution in [0, 0.1) is 0 Å². The van der Waals surface area contributed by atoms with E-state index in [0.717, 1.165) is 17.8 Å². The standard InChI is InChI=1S/C12H14N2O3/c1-14(2)10-5-3-4-9(8-10)13-11(15)6-7-12(16)17/h3-8H,1-2H3,(H,13,15)(H,16,17). The third-order valence-corrected chi connectivity index (χ3v) is 2.01. The van der Waals surface area contributed by atoms with Crippen LogP contribution < -0.4 is 10.2 Å². The van der Waals surface area contributed by atoms with Crippen molar-refractivity contribution in [2.75, 3.05) is 24.3 Å². The molecule has 0 bridgehead atoms.